The summed E-state index contributed by atoms with van der Waals surface area (Å²) in [4.78, 5) is 4.18. The Morgan fingerprint density at radius 1 is 1.17 bits per heavy atom. The van der Waals surface area contributed by atoms with Gasteiger partial charge in [0.25, 0.3) is 0 Å². The summed E-state index contributed by atoms with van der Waals surface area (Å²) in [5, 5.41) is 1.09. The smallest absolute Gasteiger partial charge is 0.141 e. The maximum absolute atomic E-state index is 5.55. The number of halogens is 1. The Morgan fingerprint density at radius 3 is 2.83 bits per heavy atom. The van der Waals surface area contributed by atoms with E-state index in [1.807, 2.05) is 24.3 Å². The molecule has 1 nitrogen and oxygen atoms in total. The van der Waals surface area contributed by atoms with Crippen LogP contribution in [0.4, 0.5) is 0 Å². The fourth-order valence-electron chi connectivity index (χ4n) is 1.13. The number of nitrogens with zero attached hydrogens (tertiary/aromatic N) is 1. The predicted octanol–water partition coefficient (Wildman–Crippen LogP) is 1.79. The lowest BCUT2D eigenvalue weighted by Gasteiger charge is -1.99. The highest BCUT2D eigenvalue weighted by Gasteiger charge is 1.97. The van der Waals surface area contributed by atoms with Crippen LogP contribution in [-0.2, 0) is 0 Å². The van der Waals surface area contributed by atoms with Gasteiger partial charge >= 0.3 is 0 Å². The van der Waals surface area contributed by atoms with Crippen LogP contribution < -0.4 is 5.59 Å². The van der Waals surface area contributed by atoms with Crippen molar-refractivity contribution in [3.8, 4) is 0 Å². The molecule has 1 aromatic carbocycles. The highest BCUT2D eigenvalue weighted by molar-refractivity contribution is 9.10. The van der Waals surface area contributed by atoms with Crippen LogP contribution in [0.25, 0.3) is 10.9 Å². The van der Waals surface area contributed by atoms with E-state index in [-0.39, 0.29) is 0 Å². The van der Waals surface area contributed by atoms with Gasteiger partial charge in [-0.3, -0.25) is 4.98 Å². The second kappa shape index (κ2) is 2.90. The molecule has 2 rings (SSSR count). The Labute approximate surface area is 80.4 Å². The van der Waals surface area contributed by atoms with Crippen LogP contribution in [-0.4, -0.2) is 12.8 Å². The average Bonchev–Trinajstić information content (AvgIpc) is 2.04. The first-order valence-corrected chi connectivity index (χ1v) is 4.37. The lowest BCUT2D eigenvalue weighted by Crippen LogP contribution is -2.06. The van der Waals surface area contributed by atoms with Crippen molar-refractivity contribution < 1.29 is 0 Å². The molecule has 0 bridgehead atoms. The Bertz CT molecular complexity index is 428. The fourth-order valence-corrected chi connectivity index (χ4v) is 1.62. The van der Waals surface area contributed by atoms with E-state index in [9.17, 15) is 0 Å². The monoisotopic (exact) mass is 217 g/mol. The Kier molecular flexibility index (Phi) is 1.89. The van der Waals surface area contributed by atoms with E-state index in [1.165, 1.54) is 0 Å². The number of pyridine rings is 1. The van der Waals surface area contributed by atoms with Crippen LogP contribution in [0.2, 0.25) is 0 Å². The predicted molar refractivity (Wildman–Crippen MR) is 54.8 cm³/mol. The number of aromatic nitrogens is 1. The summed E-state index contributed by atoms with van der Waals surface area (Å²) in [5.74, 6) is 0. The van der Waals surface area contributed by atoms with Crippen molar-refractivity contribution >= 4 is 40.3 Å². The van der Waals surface area contributed by atoms with Crippen LogP contribution in [0.3, 0.4) is 0 Å². The molecule has 1 heterocycles. The van der Waals surface area contributed by atoms with Gasteiger partial charge in [0.1, 0.15) is 7.85 Å². The second-order valence-electron chi connectivity index (χ2n) is 2.54. The van der Waals surface area contributed by atoms with Crippen molar-refractivity contribution in [2.75, 3.05) is 0 Å². The molecule has 0 saturated heterocycles. The molecule has 12 heavy (non-hydrogen) atoms. The molecule has 3 heteroatoms. The van der Waals surface area contributed by atoms with E-state index in [0.717, 1.165) is 15.4 Å². The summed E-state index contributed by atoms with van der Waals surface area (Å²) in [6, 6.07) is 9.63. The van der Waals surface area contributed by atoms with Crippen molar-refractivity contribution in [3.05, 3.63) is 34.8 Å². The number of fused-ring (bicyclic) bond motifs is 1. The average molecular weight is 218 g/mol. The van der Waals surface area contributed by atoms with Gasteiger partial charge in [0, 0.05) is 9.86 Å². The molecule has 0 aliphatic heterocycles. The van der Waals surface area contributed by atoms with Gasteiger partial charge in [0.15, 0.2) is 0 Å². The molecule has 0 fully saturated rings. The van der Waals surface area contributed by atoms with E-state index in [2.05, 4.69) is 20.9 Å². The molecule has 0 atom stereocenters. The normalized spacial score (nSPS) is 10.4. The minimum Gasteiger partial charge on any atom is -0.264 e. The molecule has 0 saturated carbocycles. The van der Waals surface area contributed by atoms with Gasteiger partial charge in [0.05, 0.1) is 5.52 Å². The number of benzene rings is 1. The van der Waals surface area contributed by atoms with Crippen LogP contribution >= 0.6 is 15.9 Å². The van der Waals surface area contributed by atoms with Crippen LogP contribution in [0.5, 0.6) is 0 Å². The highest BCUT2D eigenvalue weighted by Crippen LogP contribution is 2.20. The summed E-state index contributed by atoms with van der Waals surface area (Å²) >= 11 is 3.44. The van der Waals surface area contributed by atoms with Gasteiger partial charge in [-0.15, -0.1) is 0 Å². The molecular weight excluding hydrogens is 213 g/mol. The molecule has 0 aliphatic carbocycles. The fraction of sp³-hybridized carbons (Fsp3) is 0. The van der Waals surface area contributed by atoms with Crippen LogP contribution in [0.15, 0.2) is 34.8 Å². The molecular formula is C9H5BBrN. The van der Waals surface area contributed by atoms with Gasteiger partial charge in [-0.2, -0.15) is 0 Å². The first-order chi connectivity index (χ1) is 5.77. The summed E-state index contributed by atoms with van der Waals surface area (Å²) in [6.45, 7) is 0. The minimum atomic E-state index is 0.556. The molecule has 2 radical (unpaired) electrons. The summed E-state index contributed by atoms with van der Waals surface area (Å²) in [7, 11) is 5.55. The Morgan fingerprint density at radius 2 is 2.00 bits per heavy atom. The van der Waals surface area contributed by atoms with Gasteiger partial charge < -0.3 is 0 Å². The first-order valence-electron chi connectivity index (χ1n) is 3.58. The quantitative estimate of drug-likeness (QED) is 0.614. The number of hydrogen-bond donors (Lipinski definition) is 0. The second-order valence-corrected chi connectivity index (χ2v) is 3.40. The number of rotatable bonds is 0. The standard InChI is InChI=1S/C9H5BBrN/c10-9-5-4-6-7(11)2-1-3-8(6)12-9/h1-5H. The van der Waals surface area contributed by atoms with Crippen molar-refractivity contribution in [2.45, 2.75) is 0 Å². The lowest BCUT2D eigenvalue weighted by atomic mass is 10.0. The third kappa shape index (κ3) is 1.25. The zero-order valence-corrected chi connectivity index (χ0v) is 7.88. The zero-order valence-electron chi connectivity index (χ0n) is 6.29. The maximum atomic E-state index is 5.55. The van der Waals surface area contributed by atoms with E-state index >= 15 is 0 Å². The van der Waals surface area contributed by atoms with E-state index in [1.54, 1.807) is 6.07 Å². The third-order valence-corrected chi connectivity index (χ3v) is 2.39. The van der Waals surface area contributed by atoms with Crippen molar-refractivity contribution in [1.29, 1.82) is 0 Å². The van der Waals surface area contributed by atoms with Crippen molar-refractivity contribution in [2.24, 2.45) is 0 Å². The number of hydrogen-bond acceptors (Lipinski definition) is 1. The Hall–Kier alpha value is -0.825. The molecule has 0 aliphatic rings. The van der Waals surface area contributed by atoms with Gasteiger partial charge in [-0.1, -0.05) is 34.1 Å². The van der Waals surface area contributed by atoms with E-state index in [0.29, 0.717) is 5.59 Å². The SMILES string of the molecule is [B]c1ccc2c(Br)cccc2n1. The van der Waals surface area contributed by atoms with Gasteiger partial charge in [-0.05, 0) is 17.7 Å². The summed E-state index contributed by atoms with van der Waals surface area (Å²) in [5.41, 5.74) is 1.48. The molecule has 0 spiro atoms. The van der Waals surface area contributed by atoms with Gasteiger partial charge in [-0.25, -0.2) is 0 Å². The molecule has 0 N–H and O–H groups in total. The van der Waals surface area contributed by atoms with E-state index in [4.69, 9.17) is 7.85 Å². The lowest BCUT2D eigenvalue weighted by molar-refractivity contribution is 1.47. The maximum Gasteiger partial charge on any atom is 0.141 e. The summed E-state index contributed by atoms with van der Waals surface area (Å²) < 4.78 is 1.05. The van der Waals surface area contributed by atoms with Gasteiger partial charge in [0.2, 0.25) is 0 Å². The van der Waals surface area contributed by atoms with Crippen molar-refractivity contribution in [3.63, 3.8) is 0 Å². The topological polar surface area (TPSA) is 12.9 Å². The third-order valence-electron chi connectivity index (χ3n) is 1.70. The first kappa shape index (κ1) is 7.81. The zero-order chi connectivity index (χ0) is 8.55. The Balaban J connectivity index is 2.86. The van der Waals surface area contributed by atoms with Crippen LogP contribution in [0, 0.1) is 0 Å². The van der Waals surface area contributed by atoms with Crippen LogP contribution in [0.1, 0.15) is 0 Å². The largest absolute Gasteiger partial charge is 0.264 e. The molecule has 56 valence electrons. The molecule has 1 aromatic heterocycles. The van der Waals surface area contributed by atoms with Crippen molar-refractivity contribution in [1.82, 2.24) is 4.98 Å². The highest BCUT2D eigenvalue weighted by atomic mass is 79.9. The molecule has 0 unspecified atom stereocenters. The molecule has 0 amide bonds. The minimum absolute atomic E-state index is 0.556. The summed E-state index contributed by atoms with van der Waals surface area (Å²) in [6.07, 6.45) is 0. The molecule has 2 aromatic rings. The van der Waals surface area contributed by atoms with E-state index < -0.39 is 0 Å².